The number of halogens is 2. The Kier molecular flexibility index (Phi) is 3.18. The highest BCUT2D eigenvalue weighted by molar-refractivity contribution is 5.25. The molecule has 1 heterocycles. The van der Waals surface area contributed by atoms with E-state index in [1.54, 1.807) is 0 Å². The summed E-state index contributed by atoms with van der Waals surface area (Å²) in [5.41, 5.74) is 5.83. The van der Waals surface area contributed by atoms with Gasteiger partial charge in [0.05, 0.1) is 12.2 Å². The second-order valence-corrected chi connectivity index (χ2v) is 2.60. The third-order valence-corrected chi connectivity index (χ3v) is 1.49. The smallest absolute Gasteiger partial charge is 0.297 e. The molecule has 1 aromatic rings. The van der Waals surface area contributed by atoms with E-state index in [4.69, 9.17) is 10.2 Å². The first-order chi connectivity index (χ1) is 6.13. The summed E-state index contributed by atoms with van der Waals surface area (Å²) < 4.78 is 28.8. The normalized spacial score (nSPS) is 10.8. The topological polar surface area (TPSA) is 55.3 Å². The quantitative estimate of drug-likeness (QED) is 0.766. The van der Waals surface area contributed by atoms with Crippen LogP contribution in [0.3, 0.4) is 0 Å². The number of hydrogen-bond acceptors (Lipinski definition) is 4. The minimum atomic E-state index is -2.40. The highest BCUT2D eigenvalue weighted by atomic mass is 19.3. The molecule has 0 aliphatic heterocycles. The Morgan fingerprint density at radius 2 is 2.38 bits per heavy atom. The number of aromatic nitrogens is 1. The van der Waals surface area contributed by atoms with Crippen LogP contribution < -0.4 is 10.6 Å². The van der Waals surface area contributed by atoms with Gasteiger partial charge in [-0.05, 0) is 0 Å². The van der Waals surface area contributed by atoms with E-state index in [0.29, 0.717) is 5.69 Å². The molecule has 2 N–H and O–H groups in total. The monoisotopic (exact) mass is 191 g/mol. The van der Waals surface area contributed by atoms with Crippen molar-refractivity contribution < 1.29 is 13.2 Å². The van der Waals surface area contributed by atoms with E-state index >= 15 is 0 Å². The summed E-state index contributed by atoms with van der Waals surface area (Å²) in [6, 6.07) is 0.167. The average molecular weight is 191 g/mol. The van der Waals surface area contributed by atoms with E-state index in [-0.39, 0.29) is 12.6 Å². The molecule has 0 saturated heterocycles. The summed E-state index contributed by atoms with van der Waals surface area (Å²) in [7, 11) is 1.48. The van der Waals surface area contributed by atoms with E-state index in [9.17, 15) is 8.78 Å². The Bertz CT molecular complexity index is 264. The zero-order chi connectivity index (χ0) is 9.84. The number of nitrogens with two attached hydrogens (primary N) is 1. The number of rotatable bonds is 4. The summed E-state index contributed by atoms with van der Waals surface area (Å²) in [6.07, 6.45) is -1.05. The molecule has 0 amide bonds. The van der Waals surface area contributed by atoms with Gasteiger partial charge in [-0.15, -0.1) is 0 Å². The lowest BCUT2D eigenvalue weighted by Crippen LogP contribution is -2.24. The Morgan fingerprint density at radius 3 is 2.85 bits per heavy atom. The molecule has 0 spiro atoms. The zero-order valence-electron chi connectivity index (χ0n) is 7.20. The van der Waals surface area contributed by atoms with Crippen LogP contribution in [-0.2, 0) is 6.54 Å². The lowest BCUT2D eigenvalue weighted by molar-refractivity contribution is 0.155. The van der Waals surface area contributed by atoms with Crippen LogP contribution in [0, 0.1) is 0 Å². The van der Waals surface area contributed by atoms with Crippen molar-refractivity contribution in [3.63, 3.8) is 0 Å². The molecule has 0 radical (unpaired) electrons. The molecule has 4 nitrogen and oxygen atoms in total. The SMILES string of the molecule is CN(CC(F)F)c1nc(CN)co1. The molecular formula is C7H11F2N3O. The predicted octanol–water partition coefficient (Wildman–Crippen LogP) is 0.835. The Labute approximate surface area is 74.3 Å². The molecule has 1 aromatic heterocycles. The highest BCUT2D eigenvalue weighted by Crippen LogP contribution is 2.12. The van der Waals surface area contributed by atoms with Gasteiger partial charge in [-0.25, -0.2) is 8.78 Å². The third-order valence-electron chi connectivity index (χ3n) is 1.49. The van der Waals surface area contributed by atoms with Gasteiger partial charge in [0.15, 0.2) is 0 Å². The largest absolute Gasteiger partial charge is 0.432 e. The van der Waals surface area contributed by atoms with Gasteiger partial charge in [0.2, 0.25) is 0 Å². The number of anilines is 1. The second-order valence-electron chi connectivity index (χ2n) is 2.60. The van der Waals surface area contributed by atoms with Crippen LogP contribution >= 0.6 is 0 Å². The first-order valence-corrected chi connectivity index (χ1v) is 3.77. The van der Waals surface area contributed by atoms with Gasteiger partial charge in [-0.3, -0.25) is 0 Å². The van der Waals surface area contributed by atoms with Crippen LogP contribution in [0.5, 0.6) is 0 Å². The van der Waals surface area contributed by atoms with Crippen molar-refractivity contribution in [2.24, 2.45) is 5.73 Å². The number of oxazole rings is 1. The van der Waals surface area contributed by atoms with Crippen LogP contribution in [0.2, 0.25) is 0 Å². The van der Waals surface area contributed by atoms with Gasteiger partial charge in [0.1, 0.15) is 6.26 Å². The molecule has 0 bridgehead atoms. The van der Waals surface area contributed by atoms with E-state index in [2.05, 4.69) is 4.98 Å². The summed E-state index contributed by atoms with van der Waals surface area (Å²) in [6.45, 7) is -0.156. The Hall–Kier alpha value is -1.17. The van der Waals surface area contributed by atoms with E-state index in [1.807, 2.05) is 0 Å². The molecule has 0 fully saturated rings. The van der Waals surface area contributed by atoms with E-state index in [1.165, 1.54) is 18.2 Å². The number of hydrogen-bond donors (Lipinski definition) is 1. The van der Waals surface area contributed by atoms with Crippen molar-refractivity contribution >= 4 is 6.01 Å². The lowest BCUT2D eigenvalue weighted by Gasteiger charge is -2.12. The van der Waals surface area contributed by atoms with Crippen molar-refractivity contribution in [1.82, 2.24) is 4.98 Å². The highest BCUT2D eigenvalue weighted by Gasteiger charge is 2.12. The fourth-order valence-corrected chi connectivity index (χ4v) is 0.850. The number of alkyl halides is 2. The van der Waals surface area contributed by atoms with Crippen LogP contribution in [-0.4, -0.2) is 25.0 Å². The molecule has 1 rings (SSSR count). The van der Waals surface area contributed by atoms with E-state index < -0.39 is 13.0 Å². The van der Waals surface area contributed by atoms with Gasteiger partial charge in [-0.2, -0.15) is 4.98 Å². The molecule has 6 heteroatoms. The van der Waals surface area contributed by atoms with Crippen LogP contribution in [0.25, 0.3) is 0 Å². The maximum atomic E-state index is 11.9. The van der Waals surface area contributed by atoms with E-state index in [0.717, 1.165) is 0 Å². The van der Waals surface area contributed by atoms with Crippen molar-refractivity contribution in [2.45, 2.75) is 13.0 Å². The fraction of sp³-hybridized carbons (Fsp3) is 0.571. The average Bonchev–Trinajstić information content (AvgIpc) is 2.50. The van der Waals surface area contributed by atoms with Crippen molar-refractivity contribution in [1.29, 1.82) is 0 Å². The first kappa shape index (κ1) is 9.91. The summed E-state index contributed by atoms with van der Waals surface area (Å²) in [5, 5.41) is 0. The van der Waals surface area contributed by atoms with Gasteiger partial charge in [0, 0.05) is 13.6 Å². The predicted molar refractivity (Wildman–Crippen MR) is 43.7 cm³/mol. The number of nitrogens with zero attached hydrogens (tertiary/aromatic N) is 2. The minimum absolute atomic E-state index is 0.167. The Morgan fingerprint density at radius 1 is 1.69 bits per heavy atom. The first-order valence-electron chi connectivity index (χ1n) is 3.77. The molecule has 13 heavy (non-hydrogen) atoms. The molecule has 0 aliphatic rings. The van der Waals surface area contributed by atoms with Gasteiger partial charge in [0.25, 0.3) is 12.4 Å². The molecule has 0 atom stereocenters. The standard InChI is InChI=1S/C7H11F2N3O/c1-12(3-6(8)9)7-11-5(2-10)4-13-7/h4,6H,2-3,10H2,1H3. The van der Waals surface area contributed by atoms with Crippen LogP contribution in [0.4, 0.5) is 14.8 Å². The molecular weight excluding hydrogens is 180 g/mol. The van der Waals surface area contributed by atoms with Gasteiger partial charge >= 0.3 is 0 Å². The third kappa shape index (κ3) is 2.66. The fourth-order valence-electron chi connectivity index (χ4n) is 0.850. The minimum Gasteiger partial charge on any atom is -0.432 e. The van der Waals surface area contributed by atoms with Crippen molar-refractivity contribution in [3.8, 4) is 0 Å². The zero-order valence-corrected chi connectivity index (χ0v) is 7.20. The second kappa shape index (κ2) is 4.18. The van der Waals surface area contributed by atoms with Crippen molar-refractivity contribution in [2.75, 3.05) is 18.5 Å². The maximum Gasteiger partial charge on any atom is 0.297 e. The van der Waals surface area contributed by atoms with Crippen molar-refractivity contribution in [3.05, 3.63) is 12.0 Å². The maximum absolute atomic E-state index is 11.9. The molecule has 74 valence electrons. The summed E-state index contributed by atoms with van der Waals surface area (Å²) in [5.74, 6) is 0. The summed E-state index contributed by atoms with van der Waals surface area (Å²) >= 11 is 0. The van der Waals surface area contributed by atoms with Gasteiger partial charge in [-0.1, -0.05) is 0 Å². The lowest BCUT2D eigenvalue weighted by atomic mass is 10.5. The Balaban J connectivity index is 2.60. The molecule has 0 aliphatic carbocycles. The van der Waals surface area contributed by atoms with Crippen LogP contribution in [0.1, 0.15) is 5.69 Å². The summed E-state index contributed by atoms with van der Waals surface area (Å²) in [4.78, 5) is 5.12. The van der Waals surface area contributed by atoms with Gasteiger partial charge < -0.3 is 15.1 Å². The molecule has 0 saturated carbocycles. The molecule has 0 aromatic carbocycles. The molecule has 0 unspecified atom stereocenters. The van der Waals surface area contributed by atoms with Crippen LogP contribution in [0.15, 0.2) is 10.7 Å².